The molecule has 0 bridgehead atoms. The molecule has 0 amide bonds. The quantitative estimate of drug-likeness (QED) is 0.843. The van der Waals surface area contributed by atoms with Crippen molar-refractivity contribution in [3.05, 3.63) is 18.2 Å². The van der Waals surface area contributed by atoms with E-state index in [0.29, 0.717) is 6.04 Å². The molecule has 2 heterocycles. The molecule has 1 fully saturated rings. The Balaban J connectivity index is 1.80. The van der Waals surface area contributed by atoms with Crippen LogP contribution in [0.25, 0.3) is 0 Å². The number of nitrogens with two attached hydrogens (primary N) is 1. The lowest BCUT2D eigenvalue weighted by Gasteiger charge is -2.17. The Labute approximate surface area is 95.4 Å². The van der Waals surface area contributed by atoms with Gasteiger partial charge in [0.1, 0.15) is 5.82 Å². The van der Waals surface area contributed by atoms with Crippen LogP contribution in [-0.4, -0.2) is 27.1 Å². The molecule has 1 aromatic rings. The standard InChI is InChI=1S/C11H19N3S/c1-14-6-5-13-11(14)3-2-10(12)9-4-7-15-8-9/h5-6,9-10H,2-4,7-8,12H2,1H3. The third-order valence-corrected chi connectivity index (χ3v) is 4.38. The zero-order valence-electron chi connectivity index (χ0n) is 9.22. The molecule has 1 aliphatic heterocycles. The maximum atomic E-state index is 6.20. The summed E-state index contributed by atoms with van der Waals surface area (Å²) in [5.41, 5.74) is 6.20. The van der Waals surface area contributed by atoms with Crippen molar-refractivity contribution in [2.75, 3.05) is 11.5 Å². The van der Waals surface area contributed by atoms with E-state index in [4.69, 9.17) is 5.73 Å². The first-order valence-electron chi connectivity index (χ1n) is 5.57. The molecule has 3 nitrogen and oxygen atoms in total. The second kappa shape index (κ2) is 5.03. The molecule has 2 unspecified atom stereocenters. The first-order chi connectivity index (χ1) is 7.27. The summed E-state index contributed by atoms with van der Waals surface area (Å²) >= 11 is 2.04. The van der Waals surface area contributed by atoms with Crippen LogP contribution in [0.1, 0.15) is 18.7 Å². The Kier molecular flexibility index (Phi) is 3.70. The molecular formula is C11H19N3S. The fraction of sp³-hybridized carbons (Fsp3) is 0.727. The van der Waals surface area contributed by atoms with Gasteiger partial charge in [-0.05, 0) is 30.3 Å². The monoisotopic (exact) mass is 225 g/mol. The molecule has 0 spiro atoms. The van der Waals surface area contributed by atoms with Crippen LogP contribution in [0.5, 0.6) is 0 Å². The van der Waals surface area contributed by atoms with E-state index in [-0.39, 0.29) is 0 Å². The van der Waals surface area contributed by atoms with Crippen LogP contribution in [0.3, 0.4) is 0 Å². The first kappa shape index (κ1) is 11.0. The molecule has 0 aliphatic carbocycles. The number of aryl methyl sites for hydroxylation is 2. The maximum absolute atomic E-state index is 6.20. The lowest BCUT2D eigenvalue weighted by molar-refractivity contribution is 0.435. The van der Waals surface area contributed by atoms with Crippen LogP contribution >= 0.6 is 11.8 Å². The van der Waals surface area contributed by atoms with Crippen LogP contribution in [0.4, 0.5) is 0 Å². The summed E-state index contributed by atoms with van der Waals surface area (Å²) in [6.45, 7) is 0. The highest BCUT2D eigenvalue weighted by Gasteiger charge is 2.22. The Hall–Kier alpha value is -0.480. The smallest absolute Gasteiger partial charge is 0.108 e. The van der Waals surface area contributed by atoms with E-state index in [9.17, 15) is 0 Å². The predicted molar refractivity (Wildman–Crippen MR) is 64.9 cm³/mol. The van der Waals surface area contributed by atoms with E-state index in [2.05, 4.69) is 9.55 Å². The van der Waals surface area contributed by atoms with Crippen LogP contribution in [0, 0.1) is 5.92 Å². The van der Waals surface area contributed by atoms with Gasteiger partial charge < -0.3 is 10.3 Å². The van der Waals surface area contributed by atoms with Crippen LogP contribution in [0.2, 0.25) is 0 Å². The second-order valence-electron chi connectivity index (χ2n) is 4.28. The van der Waals surface area contributed by atoms with E-state index in [1.165, 1.54) is 17.9 Å². The van der Waals surface area contributed by atoms with Crippen molar-refractivity contribution >= 4 is 11.8 Å². The summed E-state index contributed by atoms with van der Waals surface area (Å²) in [6, 6.07) is 0.358. The molecule has 1 aliphatic rings. The van der Waals surface area contributed by atoms with Gasteiger partial charge in [0, 0.05) is 31.9 Å². The van der Waals surface area contributed by atoms with E-state index < -0.39 is 0 Å². The summed E-state index contributed by atoms with van der Waals surface area (Å²) in [4.78, 5) is 4.32. The van der Waals surface area contributed by atoms with Crippen molar-refractivity contribution in [1.82, 2.24) is 9.55 Å². The highest BCUT2D eigenvalue weighted by Crippen LogP contribution is 2.26. The van der Waals surface area contributed by atoms with Crippen molar-refractivity contribution in [3.63, 3.8) is 0 Å². The topological polar surface area (TPSA) is 43.8 Å². The van der Waals surface area contributed by atoms with E-state index in [1.54, 1.807) is 0 Å². The summed E-state index contributed by atoms with van der Waals surface area (Å²) < 4.78 is 2.08. The molecule has 2 atom stereocenters. The van der Waals surface area contributed by atoms with Gasteiger partial charge in [0.2, 0.25) is 0 Å². The molecule has 84 valence electrons. The van der Waals surface area contributed by atoms with Gasteiger partial charge in [0.15, 0.2) is 0 Å². The van der Waals surface area contributed by atoms with Gasteiger partial charge in [-0.15, -0.1) is 0 Å². The number of hydrogen-bond acceptors (Lipinski definition) is 3. The van der Waals surface area contributed by atoms with E-state index in [0.717, 1.165) is 24.6 Å². The summed E-state index contributed by atoms with van der Waals surface area (Å²) in [5.74, 6) is 4.43. The highest BCUT2D eigenvalue weighted by molar-refractivity contribution is 7.99. The molecule has 2 rings (SSSR count). The van der Waals surface area contributed by atoms with Gasteiger partial charge in [0.05, 0.1) is 0 Å². The average Bonchev–Trinajstić information content (AvgIpc) is 2.85. The van der Waals surface area contributed by atoms with Crippen LogP contribution in [-0.2, 0) is 13.5 Å². The molecule has 2 N–H and O–H groups in total. The van der Waals surface area contributed by atoms with Crippen molar-refractivity contribution in [3.8, 4) is 0 Å². The SMILES string of the molecule is Cn1ccnc1CCC(N)C1CCSC1. The highest BCUT2D eigenvalue weighted by atomic mass is 32.2. The minimum Gasteiger partial charge on any atom is -0.338 e. The summed E-state index contributed by atoms with van der Waals surface area (Å²) in [7, 11) is 2.04. The van der Waals surface area contributed by atoms with Crippen LogP contribution < -0.4 is 5.73 Å². The zero-order chi connectivity index (χ0) is 10.7. The molecule has 0 aromatic carbocycles. The normalized spacial score (nSPS) is 23.2. The van der Waals surface area contributed by atoms with Crippen molar-refractivity contribution in [2.45, 2.75) is 25.3 Å². The molecule has 15 heavy (non-hydrogen) atoms. The molecule has 0 radical (unpaired) electrons. The number of thioether (sulfide) groups is 1. The van der Waals surface area contributed by atoms with Gasteiger partial charge in [0.25, 0.3) is 0 Å². The van der Waals surface area contributed by atoms with E-state index >= 15 is 0 Å². The van der Waals surface area contributed by atoms with Crippen LogP contribution in [0.15, 0.2) is 12.4 Å². The average molecular weight is 225 g/mol. The minimum atomic E-state index is 0.358. The van der Waals surface area contributed by atoms with Gasteiger partial charge in [-0.3, -0.25) is 0 Å². The lowest BCUT2D eigenvalue weighted by atomic mass is 9.96. The van der Waals surface area contributed by atoms with Gasteiger partial charge >= 0.3 is 0 Å². The lowest BCUT2D eigenvalue weighted by Crippen LogP contribution is -2.30. The molecule has 4 heteroatoms. The fourth-order valence-electron chi connectivity index (χ4n) is 2.06. The van der Waals surface area contributed by atoms with Crippen molar-refractivity contribution in [2.24, 2.45) is 18.7 Å². The number of hydrogen-bond donors (Lipinski definition) is 1. The number of aromatic nitrogens is 2. The summed E-state index contributed by atoms with van der Waals surface area (Å²) in [5, 5.41) is 0. The molecule has 1 saturated heterocycles. The largest absolute Gasteiger partial charge is 0.338 e. The Morgan fingerprint density at radius 2 is 2.60 bits per heavy atom. The van der Waals surface area contributed by atoms with Crippen molar-refractivity contribution < 1.29 is 0 Å². The minimum absolute atomic E-state index is 0.358. The number of nitrogens with zero attached hydrogens (tertiary/aromatic N) is 2. The predicted octanol–water partition coefficient (Wildman–Crippen LogP) is 1.43. The number of imidazole rings is 1. The zero-order valence-corrected chi connectivity index (χ0v) is 10.0. The van der Waals surface area contributed by atoms with Crippen molar-refractivity contribution in [1.29, 1.82) is 0 Å². The Bertz CT molecular complexity index is 305. The molecular weight excluding hydrogens is 206 g/mol. The first-order valence-corrected chi connectivity index (χ1v) is 6.72. The number of rotatable bonds is 4. The molecule has 1 aromatic heterocycles. The van der Waals surface area contributed by atoms with E-state index in [1.807, 2.05) is 31.2 Å². The van der Waals surface area contributed by atoms with Gasteiger partial charge in [-0.25, -0.2) is 4.98 Å². The third kappa shape index (κ3) is 2.75. The molecule has 0 saturated carbocycles. The second-order valence-corrected chi connectivity index (χ2v) is 5.43. The third-order valence-electron chi connectivity index (χ3n) is 3.19. The summed E-state index contributed by atoms with van der Waals surface area (Å²) in [6.07, 6.45) is 7.22. The Morgan fingerprint density at radius 1 is 1.73 bits per heavy atom. The maximum Gasteiger partial charge on any atom is 0.108 e. The van der Waals surface area contributed by atoms with Gasteiger partial charge in [-0.1, -0.05) is 0 Å². The van der Waals surface area contributed by atoms with Gasteiger partial charge in [-0.2, -0.15) is 11.8 Å². The fourth-order valence-corrected chi connectivity index (χ4v) is 3.41. The Morgan fingerprint density at radius 3 is 3.20 bits per heavy atom.